The van der Waals surface area contributed by atoms with E-state index in [9.17, 15) is 9.90 Å². The fourth-order valence-electron chi connectivity index (χ4n) is 4.60. The van der Waals surface area contributed by atoms with Crippen LogP contribution in [-0.2, 0) is 4.79 Å². The van der Waals surface area contributed by atoms with Crippen molar-refractivity contribution in [2.24, 2.45) is 0 Å². The van der Waals surface area contributed by atoms with Crippen LogP contribution in [0.25, 0.3) is 0 Å². The van der Waals surface area contributed by atoms with Crippen molar-refractivity contribution in [3.63, 3.8) is 0 Å². The number of nitrogens with one attached hydrogen (secondary N) is 1. The highest BCUT2D eigenvalue weighted by molar-refractivity contribution is 5.92. The van der Waals surface area contributed by atoms with Crippen LogP contribution in [0.5, 0.6) is 5.75 Å². The first-order chi connectivity index (χ1) is 13.7. The highest BCUT2D eigenvalue weighted by atomic mass is 16.5. The van der Waals surface area contributed by atoms with E-state index < -0.39 is 0 Å². The summed E-state index contributed by atoms with van der Waals surface area (Å²) in [7, 11) is 0. The van der Waals surface area contributed by atoms with Gasteiger partial charge in [-0.2, -0.15) is 0 Å². The molecule has 0 spiro atoms. The SMILES string of the molecule is O=C(CN1CCCC(O)C1)Nc1ccc(OC2CC(N3CCCCC3)C2)cc1. The molecule has 3 aliphatic rings. The Morgan fingerprint density at radius 1 is 1.07 bits per heavy atom. The minimum absolute atomic E-state index is 0.0360. The van der Waals surface area contributed by atoms with Gasteiger partial charge in [-0.3, -0.25) is 9.69 Å². The van der Waals surface area contributed by atoms with E-state index in [-0.39, 0.29) is 12.0 Å². The maximum Gasteiger partial charge on any atom is 0.238 e. The first-order valence-electron chi connectivity index (χ1n) is 10.9. The van der Waals surface area contributed by atoms with Crippen LogP contribution in [0.15, 0.2) is 24.3 Å². The Balaban J connectivity index is 1.18. The van der Waals surface area contributed by atoms with Gasteiger partial charge in [-0.1, -0.05) is 6.42 Å². The highest BCUT2D eigenvalue weighted by Crippen LogP contribution is 2.31. The number of benzene rings is 1. The maximum atomic E-state index is 12.2. The summed E-state index contributed by atoms with van der Waals surface area (Å²) >= 11 is 0. The summed E-state index contributed by atoms with van der Waals surface area (Å²) in [5.41, 5.74) is 0.787. The summed E-state index contributed by atoms with van der Waals surface area (Å²) in [6, 6.07) is 8.39. The summed E-state index contributed by atoms with van der Waals surface area (Å²) in [6.45, 7) is 4.29. The fourth-order valence-corrected chi connectivity index (χ4v) is 4.60. The Morgan fingerprint density at radius 2 is 1.82 bits per heavy atom. The number of nitrogens with zero attached hydrogens (tertiary/aromatic N) is 2. The molecule has 2 heterocycles. The number of ether oxygens (including phenoxy) is 1. The molecule has 6 nitrogen and oxygen atoms in total. The first-order valence-corrected chi connectivity index (χ1v) is 10.9. The van der Waals surface area contributed by atoms with Gasteiger partial charge in [-0.25, -0.2) is 0 Å². The van der Waals surface area contributed by atoms with E-state index in [0.29, 0.717) is 25.2 Å². The number of aliphatic hydroxyl groups is 1. The molecule has 28 heavy (non-hydrogen) atoms. The number of rotatable bonds is 6. The fraction of sp³-hybridized carbons (Fsp3) is 0.682. The molecule has 1 aliphatic carbocycles. The Labute approximate surface area is 167 Å². The Morgan fingerprint density at radius 3 is 2.54 bits per heavy atom. The second kappa shape index (κ2) is 9.25. The smallest absolute Gasteiger partial charge is 0.238 e. The van der Waals surface area contributed by atoms with E-state index in [4.69, 9.17) is 4.74 Å². The van der Waals surface area contributed by atoms with E-state index in [1.165, 1.54) is 32.4 Å². The largest absolute Gasteiger partial charge is 0.490 e. The van der Waals surface area contributed by atoms with Gasteiger partial charge < -0.3 is 20.1 Å². The molecule has 1 amide bonds. The molecule has 4 rings (SSSR count). The molecule has 2 N–H and O–H groups in total. The number of hydrogen-bond donors (Lipinski definition) is 2. The van der Waals surface area contributed by atoms with Gasteiger partial charge >= 0.3 is 0 Å². The van der Waals surface area contributed by atoms with Crippen molar-refractivity contribution < 1.29 is 14.6 Å². The quantitative estimate of drug-likeness (QED) is 0.785. The molecular formula is C22H33N3O3. The molecule has 3 fully saturated rings. The summed E-state index contributed by atoms with van der Waals surface area (Å²) in [5, 5.41) is 12.6. The molecule has 154 valence electrons. The average Bonchev–Trinajstić information content (AvgIpc) is 2.66. The lowest BCUT2D eigenvalue weighted by atomic mass is 9.86. The van der Waals surface area contributed by atoms with Crippen LogP contribution in [0.4, 0.5) is 5.69 Å². The van der Waals surface area contributed by atoms with Crippen LogP contribution >= 0.6 is 0 Å². The van der Waals surface area contributed by atoms with Crippen LogP contribution in [-0.4, -0.2) is 71.8 Å². The first kappa shape index (κ1) is 19.7. The van der Waals surface area contributed by atoms with Gasteiger partial charge in [0.2, 0.25) is 5.91 Å². The normalized spacial score (nSPS) is 29.1. The lowest BCUT2D eigenvalue weighted by Crippen LogP contribution is -2.50. The number of piperidine rings is 2. The maximum absolute atomic E-state index is 12.2. The minimum atomic E-state index is -0.306. The van der Waals surface area contributed by atoms with Crippen molar-refractivity contribution in [1.82, 2.24) is 9.80 Å². The van der Waals surface area contributed by atoms with Gasteiger partial charge in [0.1, 0.15) is 11.9 Å². The van der Waals surface area contributed by atoms with Gasteiger partial charge in [0.15, 0.2) is 0 Å². The van der Waals surface area contributed by atoms with Gasteiger partial charge in [-0.05, 0) is 69.6 Å². The van der Waals surface area contributed by atoms with E-state index in [1.807, 2.05) is 29.2 Å². The number of carbonyl (C=O) groups is 1. The molecule has 1 aromatic rings. The Kier molecular flexibility index (Phi) is 6.50. The van der Waals surface area contributed by atoms with Crippen LogP contribution in [0, 0.1) is 0 Å². The van der Waals surface area contributed by atoms with Crippen molar-refractivity contribution in [2.45, 2.75) is 63.2 Å². The number of carbonyl (C=O) groups excluding carboxylic acids is 1. The minimum Gasteiger partial charge on any atom is -0.490 e. The monoisotopic (exact) mass is 387 g/mol. The van der Waals surface area contributed by atoms with E-state index >= 15 is 0 Å². The molecule has 1 aromatic carbocycles. The molecule has 0 bridgehead atoms. The molecule has 0 aromatic heterocycles. The van der Waals surface area contributed by atoms with Gasteiger partial charge in [0.05, 0.1) is 12.6 Å². The van der Waals surface area contributed by atoms with Gasteiger partial charge in [-0.15, -0.1) is 0 Å². The lowest BCUT2D eigenvalue weighted by Gasteiger charge is -2.44. The van der Waals surface area contributed by atoms with Crippen molar-refractivity contribution in [3.05, 3.63) is 24.3 Å². The summed E-state index contributed by atoms with van der Waals surface area (Å²) in [6.07, 6.45) is 8.10. The van der Waals surface area contributed by atoms with E-state index in [2.05, 4.69) is 10.2 Å². The molecule has 2 saturated heterocycles. The Hall–Kier alpha value is -1.63. The molecule has 1 unspecified atom stereocenters. The third-order valence-electron chi connectivity index (χ3n) is 6.27. The topological polar surface area (TPSA) is 65.0 Å². The molecule has 1 atom stereocenters. The third kappa shape index (κ3) is 5.25. The number of aliphatic hydroxyl groups excluding tert-OH is 1. The van der Waals surface area contributed by atoms with Crippen LogP contribution in [0.3, 0.4) is 0 Å². The molecule has 6 heteroatoms. The summed E-state index contributed by atoms with van der Waals surface area (Å²) < 4.78 is 6.09. The second-order valence-electron chi connectivity index (χ2n) is 8.57. The van der Waals surface area contributed by atoms with E-state index in [0.717, 1.165) is 43.7 Å². The summed E-state index contributed by atoms with van der Waals surface area (Å²) in [5.74, 6) is 0.838. The van der Waals surface area contributed by atoms with Crippen molar-refractivity contribution in [3.8, 4) is 5.75 Å². The van der Waals surface area contributed by atoms with E-state index in [1.54, 1.807) is 0 Å². The third-order valence-corrected chi connectivity index (χ3v) is 6.27. The number of hydrogen-bond acceptors (Lipinski definition) is 5. The van der Waals surface area contributed by atoms with Crippen LogP contribution in [0.1, 0.15) is 44.9 Å². The predicted molar refractivity (Wildman–Crippen MR) is 110 cm³/mol. The number of amides is 1. The zero-order valence-electron chi connectivity index (χ0n) is 16.7. The number of likely N-dealkylation sites (tertiary alicyclic amines) is 2. The van der Waals surface area contributed by atoms with Crippen LogP contribution < -0.4 is 10.1 Å². The van der Waals surface area contributed by atoms with Crippen LogP contribution in [0.2, 0.25) is 0 Å². The van der Waals surface area contributed by atoms with Crippen molar-refractivity contribution in [1.29, 1.82) is 0 Å². The Bertz CT molecular complexity index is 639. The van der Waals surface area contributed by atoms with Crippen molar-refractivity contribution >= 4 is 11.6 Å². The number of β-amino-alcohol motifs (C(OH)–C–C–N with tert-alkyl or cyclic N) is 1. The lowest BCUT2D eigenvalue weighted by molar-refractivity contribution is -0.118. The summed E-state index contributed by atoms with van der Waals surface area (Å²) in [4.78, 5) is 16.9. The standard InChI is InChI=1S/C22H33N3O3/c26-19-5-4-10-24(15-19)16-22(27)23-17-6-8-20(9-7-17)28-21-13-18(14-21)25-11-2-1-3-12-25/h6-9,18-19,21,26H,1-5,10-16H2,(H,23,27). The molecule has 1 saturated carbocycles. The zero-order valence-corrected chi connectivity index (χ0v) is 16.7. The predicted octanol–water partition coefficient (Wildman–Crippen LogP) is 2.48. The van der Waals surface area contributed by atoms with Gasteiger partial charge in [0.25, 0.3) is 0 Å². The number of anilines is 1. The average molecular weight is 388 g/mol. The molecular weight excluding hydrogens is 354 g/mol. The highest BCUT2D eigenvalue weighted by Gasteiger charge is 2.35. The molecule has 0 radical (unpaired) electrons. The van der Waals surface area contributed by atoms with Crippen molar-refractivity contribution in [2.75, 3.05) is 38.0 Å². The second-order valence-corrected chi connectivity index (χ2v) is 8.57. The zero-order chi connectivity index (χ0) is 19.3. The van der Waals surface area contributed by atoms with Gasteiger partial charge in [0, 0.05) is 31.1 Å². The molecule has 2 aliphatic heterocycles.